The Hall–Kier alpha value is -4.09. The predicted molar refractivity (Wildman–Crippen MR) is 106 cm³/mol. The number of nitrogens with one attached hydrogen (secondary N) is 3. The Labute approximate surface area is 170 Å². The Morgan fingerprint density at radius 1 is 1.40 bits per heavy atom. The van der Waals surface area contributed by atoms with Gasteiger partial charge < -0.3 is 26.8 Å². The van der Waals surface area contributed by atoms with E-state index in [0.717, 1.165) is 0 Å². The normalized spacial score (nSPS) is 17.8. The Morgan fingerprint density at radius 2 is 2.10 bits per heavy atom. The molecule has 0 aliphatic carbocycles. The maximum absolute atomic E-state index is 13.7. The number of aliphatic imine (C=N–C) groups is 1. The molecule has 2 heterocycles. The number of nitrogens with two attached hydrogens (primary N) is 2. The van der Waals surface area contributed by atoms with E-state index in [0.29, 0.717) is 5.56 Å². The molecule has 0 saturated heterocycles. The molecule has 0 spiro atoms. The molecule has 0 radical (unpaired) electrons. The number of amides is 2. The van der Waals surface area contributed by atoms with E-state index in [1.807, 2.05) is 0 Å². The zero-order chi connectivity index (χ0) is 22.1. The number of amidine groups is 2. The highest BCUT2D eigenvalue weighted by Crippen LogP contribution is 2.39. The molecule has 1 atom stereocenters. The first-order valence-electron chi connectivity index (χ1n) is 8.66. The van der Waals surface area contributed by atoms with E-state index < -0.39 is 28.9 Å². The Morgan fingerprint density at radius 3 is 2.73 bits per heavy atom. The second-order valence-electron chi connectivity index (χ2n) is 6.51. The summed E-state index contributed by atoms with van der Waals surface area (Å²) in [7, 11) is 1.32. The lowest BCUT2D eigenvalue weighted by molar-refractivity contribution is -0.131. The van der Waals surface area contributed by atoms with Crippen LogP contribution in [0, 0.1) is 11.2 Å². The van der Waals surface area contributed by atoms with E-state index >= 15 is 0 Å². The number of halogens is 1. The lowest BCUT2D eigenvalue weighted by Crippen LogP contribution is -2.44. The summed E-state index contributed by atoms with van der Waals surface area (Å²) in [6, 6.07) is 6.07. The fourth-order valence-corrected chi connectivity index (χ4v) is 2.87. The second-order valence-corrected chi connectivity index (χ2v) is 6.51. The largest absolute Gasteiger partial charge is 0.468 e. The minimum atomic E-state index is -1.72. The molecule has 0 bridgehead atoms. The van der Waals surface area contributed by atoms with Crippen molar-refractivity contribution in [2.45, 2.75) is 18.9 Å². The van der Waals surface area contributed by atoms with E-state index in [4.69, 9.17) is 21.6 Å². The Kier molecular flexibility index (Phi) is 5.32. The van der Waals surface area contributed by atoms with Crippen LogP contribution in [0.25, 0.3) is 0 Å². The van der Waals surface area contributed by atoms with Crippen LogP contribution in [0.15, 0.2) is 29.3 Å². The number of hydrogen-bond acceptors (Lipinski definition) is 7. The molecule has 3 rings (SSSR count). The number of carbonyl (C=O) groups is 2. The van der Waals surface area contributed by atoms with Gasteiger partial charge in [-0.2, -0.15) is 4.99 Å². The second kappa shape index (κ2) is 7.73. The summed E-state index contributed by atoms with van der Waals surface area (Å²) in [6.07, 6.45) is 0. The number of hydrogen-bond donors (Lipinski definition) is 5. The molecule has 1 unspecified atom stereocenters. The molecule has 2 aromatic rings. The number of fused-ring (bicyclic) bond motifs is 1. The third-order valence-corrected chi connectivity index (χ3v) is 4.62. The summed E-state index contributed by atoms with van der Waals surface area (Å²) in [5, 5.41) is 13.3. The molecule has 30 heavy (non-hydrogen) atoms. The van der Waals surface area contributed by atoms with E-state index in [1.165, 1.54) is 20.1 Å². The number of anilines is 2. The van der Waals surface area contributed by atoms with Crippen molar-refractivity contribution in [1.82, 2.24) is 15.3 Å². The van der Waals surface area contributed by atoms with Crippen molar-refractivity contribution >= 4 is 35.3 Å². The van der Waals surface area contributed by atoms with Gasteiger partial charge in [0.1, 0.15) is 17.5 Å². The van der Waals surface area contributed by atoms with Crippen molar-refractivity contribution in [3.05, 3.63) is 47.0 Å². The van der Waals surface area contributed by atoms with Crippen LogP contribution in [0.3, 0.4) is 0 Å². The fraction of sp³-hybridized carbons (Fsp3) is 0.222. The fourth-order valence-electron chi connectivity index (χ4n) is 2.87. The van der Waals surface area contributed by atoms with Crippen molar-refractivity contribution in [3.8, 4) is 0 Å². The van der Waals surface area contributed by atoms with Crippen molar-refractivity contribution in [1.29, 1.82) is 5.41 Å². The average molecular weight is 414 g/mol. The summed E-state index contributed by atoms with van der Waals surface area (Å²) in [4.78, 5) is 36.0. The number of methoxy groups -OCH3 is 1. The molecule has 0 fully saturated rings. The van der Waals surface area contributed by atoms with Gasteiger partial charge in [-0.05, 0) is 13.0 Å². The van der Waals surface area contributed by atoms with Gasteiger partial charge in [-0.1, -0.05) is 18.2 Å². The van der Waals surface area contributed by atoms with Crippen LogP contribution >= 0.6 is 0 Å². The number of nitrogens with zero attached hydrogens (tertiary/aromatic N) is 3. The summed E-state index contributed by atoms with van der Waals surface area (Å²) in [6.45, 7) is 1.38. The van der Waals surface area contributed by atoms with Crippen LogP contribution in [0.5, 0.6) is 0 Å². The average Bonchev–Trinajstić information content (AvgIpc) is 2.97. The monoisotopic (exact) mass is 414 g/mol. The van der Waals surface area contributed by atoms with Gasteiger partial charge in [-0.15, -0.1) is 0 Å². The van der Waals surface area contributed by atoms with Gasteiger partial charge in [0.2, 0.25) is 17.6 Å². The van der Waals surface area contributed by atoms with Gasteiger partial charge in [0.25, 0.3) is 6.02 Å². The Bertz CT molecular complexity index is 1090. The standard InChI is InChI=1S/C18H19FN8O3/c1-18(15(22)28)10-11(20)24-14(26-13(10)27-16(18)29)12(21)25-17(30-2)23-7-8-5-3-4-6-9(8)19/h3-6H,7H2,1-2H3,(H2,22,28)(H2,21,23,25)(H3,20,24,26,27,29). The van der Waals surface area contributed by atoms with Crippen molar-refractivity contribution in [2.24, 2.45) is 10.7 Å². The first-order valence-corrected chi connectivity index (χ1v) is 8.66. The predicted octanol–water partition coefficient (Wildman–Crippen LogP) is 0.0106. The number of primary amides is 1. The zero-order valence-corrected chi connectivity index (χ0v) is 16.1. The van der Waals surface area contributed by atoms with Crippen molar-refractivity contribution in [2.75, 3.05) is 18.2 Å². The van der Waals surface area contributed by atoms with Crippen LogP contribution in [-0.4, -0.2) is 40.7 Å². The molecule has 2 amide bonds. The number of carbonyl (C=O) groups excluding carboxylic acids is 2. The van der Waals surface area contributed by atoms with Gasteiger partial charge >= 0.3 is 0 Å². The maximum Gasteiger partial charge on any atom is 0.291 e. The van der Waals surface area contributed by atoms with Gasteiger partial charge in [0.15, 0.2) is 11.3 Å². The molecule has 1 aromatic carbocycles. The molecule has 12 heteroatoms. The molecule has 156 valence electrons. The van der Waals surface area contributed by atoms with Crippen LogP contribution < -0.4 is 22.1 Å². The first kappa shape index (κ1) is 20.6. The molecule has 7 N–H and O–H groups in total. The lowest BCUT2D eigenvalue weighted by Gasteiger charge is -2.18. The summed E-state index contributed by atoms with van der Waals surface area (Å²) in [5.41, 5.74) is 9.97. The molecule has 1 aliphatic rings. The summed E-state index contributed by atoms with van der Waals surface area (Å²) < 4.78 is 18.8. The van der Waals surface area contributed by atoms with Crippen LogP contribution in [0.4, 0.5) is 16.0 Å². The molecular weight excluding hydrogens is 395 g/mol. The number of aromatic nitrogens is 2. The van der Waals surface area contributed by atoms with Gasteiger partial charge in [0.05, 0.1) is 12.7 Å². The van der Waals surface area contributed by atoms with Crippen molar-refractivity contribution in [3.63, 3.8) is 0 Å². The Balaban J connectivity index is 1.86. The van der Waals surface area contributed by atoms with E-state index in [-0.39, 0.29) is 35.6 Å². The topological polar surface area (TPSA) is 181 Å². The van der Waals surface area contributed by atoms with Crippen LogP contribution in [0.2, 0.25) is 0 Å². The third kappa shape index (κ3) is 3.50. The molecule has 1 aromatic heterocycles. The lowest BCUT2D eigenvalue weighted by atomic mass is 9.84. The quantitative estimate of drug-likeness (QED) is 0.265. The van der Waals surface area contributed by atoms with E-state index in [2.05, 4.69) is 25.6 Å². The van der Waals surface area contributed by atoms with E-state index in [9.17, 15) is 14.0 Å². The molecule has 11 nitrogen and oxygen atoms in total. The number of benzene rings is 1. The minimum Gasteiger partial charge on any atom is -0.468 e. The highest BCUT2D eigenvalue weighted by atomic mass is 19.1. The maximum atomic E-state index is 13.7. The zero-order valence-electron chi connectivity index (χ0n) is 16.1. The van der Waals surface area contributed by atoms with Crippen LogP contribution in [-0.2, 0) is 26.3 Å². The molecular formula is C18H19FN8O3. The third-order valence-electron chi connectivity index (χ3n) is 4.62. The minimum absolute atomic E-state index is 0.0259. The molecule has 1 aliphatic heterocycles. The number of ether oxygens (including phenoxy) is 1. The highest BCUT2D eigenvalue weighted by molar-refractivity contribution is 6.20. The van der Waals surface area contributed by atoms with Gasteiger partial charge in [-0.3, -0.25) is 15.0 Å². The van der Waals surface area contributed by atoms with Crippen LogP contribution in [0.1, 0.15) is 23.9 Å². The highest BCUT2D eigenvalue weighted by Gasteiger charge is 2.51. The molecule has 0 saturated carbocycles. The van der Waals surface area contributed by atoms with Gasteiger partial charge in [0, 0.05) is 12.1 Å². The van der Waals surface area contributed by atoms with Gasteiger partial charge in [-0.25, -0.2) is 14.4 Å². The van der Waals surface area contributed by atoms with Crippen molar-refractivity contribution < 1.29 is 18.7 Å². The summed E-state index contributed by atoms with van der Waals surface area (Å²) >= 11 is 0. The first-order chi connectivity index (χ1) is 14.2. The smallest absolute Gasteiger partial charge is 0.291 e. The number of nitrogen functional groups attached to an aromatic ring is 1. The summed E-state index contributed by atoms with van der Waals surface area (Å²) in [5.74, 6) is -2.88. The SMILES string of the molecule is CO/C(=N/C(=N)c1nc(N)c2c(n1)NC(=O)C2(C)C(N)=O)NCc1ccccc1F. The number of rotatable bonds is 4. The van der Waals surface area contributed by atoms with E-state index in [1.54, 1.807) is 18.2 Å².